The minimum atomic E-state index is -2.30. The third kappa shape index (κ3) is 16.7. The standard InChI is InChI=1S/C30H56O8/c1-3-5-7-9-11-13-15-17-19-21-23(31)25(33)27(35)29(37)30(38)28(36)26(34)24(32)22-20-18-16-14-12-10-8-6-4-2/h25-27,29-30,33-35,37-38H,3-22H2,1-2H3/t25?,26?,27-,29-,30+/m1/s1. The molecule has 0 saturated heterocycles. The molecule has 8 nitrogen and oxygen atoms in total. The zero-order valence-electron chi connectivity index (χ0n) is 24.0. The van der Waals surface area contributed by atoms with Gasteiger partial charge in [-0.05, 0) is 12.8 Å². The van der Waals surface area contributed by atoms with E-state index in [-0.39, 0.29) is 12.8 Å². The van der Waals surface area contributed by atoms with Crippen molar-refractivity contribution in [3.8, 4) is 0 Å². The average molecular weight is 545 g/mol. The summed E-state index contributed by atoms with van der Waals surface area (Å²) in [5, 5.41) is 50.5. The first kappa shape index (κ1) is 36.8. The van der Waals surface area contributed by atoms with Crippen LogP contribution in [0.4, 0.5) is 0 Å². The summed E-state index contributed by atoms with van der Waals surface area (Å²) in [5.41, 5.74) is 0. The van der Waals surface area contributed by atoms with Crippen LogP contribution in [0.3, 0.4) is 0 Å². The number of rotatable bonds is 27. The summed E-state index contributed by atoms with van der Waals surface area (Å²) in [7, 11) is 0. The lowest BCUT2D eigenvalue weighted by Gasteiger charge is -2.26. The summed E-state index contributed by atoms with van der Waals surface area (Å²) in [4.78, 5) is 36.6. The molecule has 224 valence electrons. The maximum absolute atomic E-state index is 12.3. The van der Waals surface area contributed by atoms with Gasteiger partial charge in [0.25, 0.3) is 0 Å². The van der Waals surface area contributed by atoms with Crippen molar-refractivity contribution < 1.29 is 39.9 Å². The molecule has 0 radical (unpaired) electrons. The minimum Gasteiger partial charge on any atom is -0.387 e. The van der Waals surface area contributed by atoms with E-state index in [1.165, 1.54) is 51.4 Å². The molecule has 2 unspecified atom stereocenters. The van der Waals surface area contributed by atoms with Gasteiger partial charge in [-0.2, -0.15) is 0 Å². The van der Waals surface area contributed by atoms with Crippen LogP contribution in [-0.2, 0) is 14.4 Å². The predicted molar refractivity (Wildman–Crippen MR) is 149 cm³/mol. The molecule has 0 amide bonds. The van der Waals surface area contributed by atoms with Gasteiger partial charge in [-0.1, -0.05) is 117 Å². The molecule has 0 rings (SSSR count). The molecular formula is C30H56O8. The van der Waals surface area contributed by atoms with Gasteiger partial charge in [0.05, 0.1) is 0 Å². The maximum Gasteiger partial charge on any atom is 0.199 e. The number of ketones is 3. The molecule has 0 aromatic carbocycles. The number of Topliss-reactive ketones (excluding diaryl/α,β-unsaturated/α-hetero) is 3. The van der Waals surface area contributed by atoms with Crippen molar-refractivity contribution in [1.82, 2.24) is 0 Å². The Morgan fingerprint density at radius 2 is 0.763 bits per heavy atom. The van der Waals surface area contributed by atoms with Gasteiger partial charge in [0.15, 0.2) is 23.5 Å². The number of hydrogen-bond donors (Lipinski definition) is 5. The second-order valence-electron chi connectivity index (χ2n) is 10.8. The van der Waals surface area contributed by atoms with E-state index < -0.39 is 47.9 Å². The molecule has 38 heavy (non-hydrogen) atoms. The van der Waals surface area contributed by atoms with Crippen LogP contribution >= 0.6 is 0 Å². The van der Waals surface area contributed by atoms with Crippen molar-refractivity contribution in [3.63, 3.8) is 0 Å². The number of carbonyl (C=O) groups is 3. The average Bonchev–Trinajstić information content (AvgIpc) is 2.92. The molecular weight excluding hydrogens is 488 g/mol. The van der Waals surface area contributed by atoms with Gasteiger partial charge in [0.1, 0.15) is 24.4 Å². The Morgan fingerprint density at radius 1 is 0.447 bits per heavy atom. The fourth-order valence-corrected chi connectivity index (χ4v) is 4.56. The molecule has 0 fully saturated rings. The highest BCUT2D eigenvalue weighted by Gasteiger charge is 2.40. The molecule has 0 heterocycles. The Morgan fingerprint density at radius 3 is 1.16 bits per heavy atom. The first-order valence-electron chi connectivity index (χ1n) is 15.2. The number of carbonyl (C=O) groups excluding carboxylic acids is 3. The van der Waals surface area contributed by atoms with Gasteiger partial charge < -0.3 is 25.5 Å². The van der Waals surface area contributed by atoms with Crippen LogP contribution in [-0.4, -0.2) is 73.4 Å². The Hall–Kier alpha value is -1.19. The Labute approximate surface area is 230 Å². The van der Waals surface area contributed by atoms with E-state index in [9.17, 15) is 39.9 Å². The zero-order valence-corrected chi connectivity index (χ0v) is 24.0. The molecule has 0 aliphatic rings. The quantitative estimate of drug-likeness (QED) is 0.0756. The molecule has 5 N–H and O–H groups in total. The van der Waals surface area contributed by atoms with Gasteiger partial charge in [0, 0.05) is 12.8 Å². The smallest absolute Gasteiger partial charge is 0.199 e. The van der Waals surface area contributed by atoms with Gasteiger partial charge in [0.2, 0.25) is 0 Å². The highest BCUT2D eigenvalue weighted by molar-refractivity contribution is 6.07. The van der Waals surface area contributed by atoms with Crippen LogP contribution in [0.2, 0.25) is 0 Å². The lowest BCUT2D eigenvalue weighted by Crippen LogP contribution is -2.53. The fraction of sp³-hybridized carbons (Fsp3) is 0.900. The minimum absolute atomic E-state index is 0.00464. The monoisotopic (exact) mass is 544 g/mol. The second kappa shape index (κ2) is 23.7. The highest BCUT2D eigenvalue weighted by atomic mass is 16.4. The van der Waals surface area contributed by atoms with Crippen molar-refractivity contribution in [2.45, 2.75) is 173 Å². The summed E-state index contributed by atoms with van der Waals surface area (Å²) in [6.07, 6.45) is 8.02. The summed E-state index contributed by atoms with van der Waals surface area (Å²) < 4.78 is 0. The topological polar surface area (TPSA) is 152 Å². The number of aliphatic hydroxyl groups excluding tert-OH is 5. The van der Waals surface area contributed by atoms with Gasteiger partial charge >= 0.3 is 0 Å². The van der Waals surface area contributed by atoms with Crippen LogP contribution < -0.4 is 0 Å². The lowest BCUT2D eigenvalue weighted by molar-refractivity contribution is -0.160. The van der Waals surface area contributed by atoms with Gasteiger partial charge in [-0.3, -0.25) is 14.4 Å². The Kier molecular flexibility index (Phi) is 22.9. The van der Waals surface area contributed by atoms with Gasteiger partial charge in [-0.15, -0.1) is 0 Å². The van der Waals surface area contributed by atoms with E-state index in [0.717, 1.165) is 51.4 Å². The number of hydrogen-bond acceptors (Lipinski definition) is 8. The molecule has 0 aromatic heterocycles. The van der Waals surface area contributed by atoms with Crippen LogP contribution in [0, 0.1) is 0 Å². The molecule has 0 bridgehead atoms. The Bertz CT molecular complexity index is 623. The lowest BCUT2D eigenvalue weighted by atomic mass is 9.92. The molecule has 0 saturated carbocycles. The number of unbranched alkanes of at least 4 members (excludes halogenated alkanes) is 16. The van der Waals surface area contributed by atoms with Gasteiger partial charge in [-0.25, -0.2) is 0 Å². The zero-order chi connectivity index (χ0) is 28.8. The summed E-state index contributed by atoms with van der Waals surface area (Å²) in [6.45, 7) is 4.34. The van der Waals surface area contributed by atoms with Crippen LogP contribution in [0.5, 0.6) is 0 Å². The second-order valence-corrected chi connectivity index (χ2v) is 10.8. The van der Waals surface area contributed by atoms with E-state index in [1.807, 2.05) is 0 Å². The van der Waals surface area contributed by atoms with E-state index in [1.54, 1.807) is 0 Å². The van der Waals surface area contributed by atoms with E-state index in [2.05, 4.69) is 13.8 Å². The predicted octanol–water partition coefficient (Wildman–Crippen LogP) is 4.34. The van der Waals surface area contributed by atoms with E-state index >= 15 is 0 Å². The summed E-state index contributed by atoms with van der Waals surface area (Å²) in [6, 6.07) is 0. The first-order valence-corrected chi connectivity index (χ1v) is 15.2. The maximum atomic E-state index is 12.3. The fourth-order valence-electron chi connectivity index (χ4n) is 4.56. The molecule has 0 aliphatic carbocycles. The SMILES string of the molecule is CCCCCCCCCCCC(=O)C(O)C(=O)[C@H](O)[C@H](O)[C@H](O)C(O)C(=O)CCCCCCCCCCC. The molecule has 0 spiro atoms. The first-order chi connectivity index (χ1) is 18.2. The van der Waals surface area contributed by atoms with E-state index in [4.69, 9.17) is 0 Å². The molecule has 0 aromatic rings. The van der Waals surface area contributed by atoms with Crippen molar-refractivity contribution in [2.75, 3.05) is 0 Å². The largest absolute Gasteiger partial charge is 0.387 e. The van der Waals surface area contributed by atoms with Crippen LogP contribution in [0.15, 0.2) is 0 Å². The number of aliphatic hydroxyl groups is 5. The van der Waals surface area contributed by atoms with Crippen molar-refractivity contribution in [3.05, 3.63) is 0 Å². The van der Waals surface area contributed by atoms with Crippen LogP contribution in [0.1, 0.15) is 142 Å². The van der Waals surface area contributed by atoms with E-state index in [0.29, 0.717) is 12.8 Å². The highest BCUT2D eigenvalue weighted by Crippen LogP contribution is 2.15. The summed E-state index contributed by atoms with van der Waals surface area (Å²) in [5.74, 6) is -2.81. The molecule has 5 atom stereocenters. The van der Waals surface area contributed by atoms with Crippen molar-refractivity contribution >= 4 is 17.3 Å². The van der Waals surface area contributed by atoms with Crippen LogP contribution in [0.25, 0.3) is 0 Å². The molecule has 8 heteroatoms. The molecule has 0 aliphatic heterocycles. The summed E-state index contributed by atoms with van der Waals surface area (Å²) >= 11 is 0. The van der Waals surface area contributed by atoms with Crippen molar-refractivity contribution in [2.24, 2.45) is 0 Å². The third-order valence-electron chi connectivity index (χ3n) is 7.25. The Balaban J connectivity index is 4.26. The normalized spacial score (nSPS) is 15.6. The van der Waals surface area contributed by atoms with Crippen molar-refractivity contribution in [1.29, 1.82) is 0 Å². The third-order valence-corrected chi connectivity index (χ3v) is 7.25.